The Morgan fingerprint density at radius 2 is 2.00 bits per heavy atom. The molecule has 2 rings (SSSR count). The van der Waals surface area contributed by atoms with E-state index >= 15 is 0 Å². The minimum atomic E-state index is -0.291. The van der Waals surface area contributed by atoms with Gasteiger partial charge in [0.05, 0.1) is 5.54 Å². The van der Waals surface area contributed by atoms with Crippen molar-refractivity contribution in [2.45, 2.75) is 26.3 Å². The summed E-state index contributed by atoms with van der Waals surface area (Å²) < 4.78 is 0. The van der Waals surface area contributed by atoms with Gasteiger partial charge in [-0.3, -0.25) is 0 Å². The van der Waals surface area contributed by atoms with E-state index in [-0.39, 0.29) is 5.54 Å². The number of hydrogen-bond donors (Lipinski definition) is 3. The lowest BCUT2D eigenvalue weighted by atomic mass is 10.1. The number of hydrazine groups is 1. The first-order chi connectivity index (χ1) is 8.51. The van der Waals surface area contributed by atoms with Gasteiger partial charge in [-0.2, -0.15) is 0 Å². The lowest BCUT2D eigenvalue weighted by Gasteiger charge is -2.24. The lowest BCUT2D eigenvalue weighted by molar-refractivity contribution is 0.600. The Morgan fingerprint density at radius 1 is 1.28 bits per heavy atom. The molecule has 2 aromatic rings. The average Bonchev–Trinajstić information content (AvgIpc) is 2.81. The molecule has 18 heavy (non-hydrogen) atoms. The van der Waals surface area contributed by atoms with Gasteiger partial charge in [0.25, 0.3) is 0 Å². The molecule has 2 heterocycles. The van der Waals surface area contributed by atoms with Gasteiger partial charge in [0.15, 0.2) is 0 Å². The fraction of sp³-hybridized carbons (Fsp3) is 0.364. The maximum atomic E-state index is 5.37. The SMILES string of the molecule is Cc1nc(NN)cc(NC(C)(C)c2nccs2)n1. The van der Waals surface area contributed by atoms with E-state index in [1.165, 1.54) is 0 Å². The summed E-state index contributed by atoms with van der Waals surface area (Å²) in [6, 6.07) is 1.77. The highest BCUT2D eigenvalue weighted by Gasteiger charge is 2.23. The van der Waals surface area contributed by atoms with Crippen LogP contribution in [0.1, 0.15) is 24.7 Å². The van der Waals surface area contributed by atoms with Gasteiger partial charge in [-0.05, 0) is 20.8 Å². The second-order valence-electron chi connectivity index (χ2n) is 4.42. The van der Waals surface area contributed by atoms with Crippen LogP contribution in [0.25, 0.3) is 0 Å². The molecule has 0 amide bonds. The molecule has 0 saturated heterocycles. The summed E-state index contributed by atoms with van der Waals surface area (Å²) in [6.07, 6.45) is 1.79. The van der Waals surface area contributed by atoms with E-state index in [4.69, 9.17) is 5.84 Å². The first-order valence-corrected chi connectivity index (χ1v) is 6.40. The Labute approximate surface area is 110 Å². The molecular formula is C11H16N6S. The van der Waals surface area contributed by atoms with Crippen molar-refractivity contribution < 1.29 is 0 Å². The summed E-state index contributed by atoms with van der Waals surface area (Å²) in [5.41, 5.74) is 2.23. The molecule has 0 radical (unpaired) electrons. The third-order valence-electron chi connectivity index (χ3n) is 2.39. The molecule has 0 aliphatic rings. The van der Waals surface area contributed by atoms with Crippen molar-refractivity contribution in [1.82, 2.24) is 15.0 Å². The zero-order chi connectivity index (χ0) is 13.2. The number of nitrogens with two attached hydrogens (primary N) is 1. The van der Waals surface area contributed by atoms with Crippen LogP contribution in [-0.2, 0) is 5.54 Å². The zero-order valence-corrected chi connectivity index (χ0v) is 11.4. The third kappa shape index (κ3) is 2.74. The fourth-order valence-electron chi connectivity index (χ4n) is 1.61. The van der Waals surface area contributed by atoms with Crippen LogP contribution in [0.3, 0.4) is 0 Å². The zero-order valence-electron chi connectivity index (χ0n) is 10.6. The Balaban J connectivity index is 2.26. The van der Waals surface area contributed by atoms with Crippen molar-refractivity contribution in [2.75, 3.05) is 10.7 Å². The molecule has 96 valence electrons. The molecule has 6 nitrogen and oxygen atoms in total. The summed E-state index contributed by atoms with van der Waals surface area (Å²) in [4.78, 5) is 12.8. The van der Waals surface area contributed by atoms with Crippen molar-refractivity contribution in [3.63, 3.8) is 0 Å². The van der Waals surface area contributed by atoms with E-state index in [1.807, 2.05) is 12.3 Å². The number of aryl methyl sites for hydroxylation is 1. The Morgan fingerprint density at radius 3 is 2.61 bits per heavy atom. The maximum Gasteiger partial charge on any atom is 0.145 e. The summed E-state index contributed by atoms with van der Waals surface area (Å²) in [7, 11) is 0. The largest absolute Gasteiger partial charge is 0.359 e. The van der Waals surface area contributed by atoms with Crippen LogP contribution < -0.4 is 16.6 Å². The van der Waals surface area contributed by atoms with Crippen molar-refractivity contribution in [3.8, 4) is 0 Å². The lowest BCUT2D eigenvalue weighted by Crippen LogP contribution is -2.28. The number of aromatic nitrogens is 3. The number of anilines is 2. The van der Waals surface area contributed by atoms with Crippen molar-refractivity contribution >= 4 is 23.0 Å². The predicted octanol–water partition coefficient (Wildman–Crippen LogP) is 1.87. The highest BCUT2D eigenvalue weighted by atomic mass is 32.1. The summed E-state index contributed by atoms with van der Waals surface area (Å²) >= 11 is 1.61. The molecular weight excluding hydrogens is 248 g/mol. The third-order valence-corrected chi connectivity index (χ3v) is 3.49. The van der Waals surface area contributed by atoms with Crippen LogP contribution in [0.4, 0.5) is 11.6 Å². The van der Waals surface area contributed by atoms with Gasteiger partial charge in [0.2, 0.25) is 0 Å². The quantitative estimate of drug-likeness (QED) is 0.577. The van der Waals surface area contributed by atoms with Crippen LogP contribution in [-0.4, -0.2) is 15.0 Å². The molecule has 0 aliphatic heterocycles. The van der Waals surface area contributed by atoms with Crippen LogP contribution in [0, 0.1) is 6.92 Å². The number of nitrogens with zero attached hydrogens (tertiary/aromatic N) is 3. The number of rotatable bonds is 4. The monoisotopic (exact) mass is 264 g/mol. The second kappa shape index (κ2) is 4.87. The average molecular weight is 264 g/mol. The van der Waals surface area contributed by atoms with Crippen LogP contribution >= 0.6 is 11.3 Å². The molecule has 0 aliphatic carbocycles. The van der Waals surface area contributed by atoms with Gasteiger partial charge in [-0.15, -0.1) is 11.3 Å². The second-order valence-corrected chi connectivity index (χ2v) is 5.31. The van der Waals surface area contributed by atoms with Crippen molar-refractivity contribution in [1.29, 1.82) is 0 Å². The van der Waals surface area contributed by atoms with E-state index in [0.29, 0.717) is 11.6 Å². The van der Waals surface area contributed by atoms with Gasteiger partial charge in [0, 0.05) is 17.6 Å². The van der Waals surface area contributed by atoms with Crippen LogP contribution in [0.5, 0.6) is 0 Å². The molecule has 4 N–H and O–H groups in total. The topological polar surface area (TPSA) is 88.8 Å². The molecule has 0 fully saturated rings. The molecule has 0 atom stereocenters. The molecule has 0 spiro atoms. The highest BCUT2D eigenvalue weighted by Crippen LogP contribution is 2.26. The first-order valence-electron chi connectivity index (χ1n) is 5.52. The Kier molecular flexibility index (Phi) is 3.44. The van der Waals surface area contributed by atoms with Crippen molar-refractivity contribution in [2.24, 2.45) is 5.84 Å². The van der Waals surface area contributed by atoms with Gasteiger partial charge in [-0.1, -0.05) is 0 Å². The maximum absolute atomic E-state index is 5.37. The van der Waals surface area contributed by atoms with Crippen LogP contribution in [0.2, 0.25) is 0 Å². The highest BCUT2D eigenvalue weighted by molar-refractivity contribution is 7.09. The van der Waals surface area contributed by atoms with E-state index in [0.717, 1.165) is 10.8 Å². The summed E-state index contributed by atoms with van der Waals surface area (Å²) in [5.74, 6) is 7.32. The van der Waals surface area contributed by atoms with Gasteiger partial charge in [-0.25, -0.2) is 20.8 Å². The van der Waals surface area contributed by atoms with Gasteiger partial charge in [0.1, 0.15) is 22.5 Å². The smallest absolute Gasteiger partial charge is 0.145 e. The molecule has 0 aromatic carbocycles. The van der Waals surface area contributed by atoms with E-state index in [1.54, 1.807) is 23.6 Å². The van der Waals surface area contributed by atoms with E-state index in [2.05, 4.69) is 39.5 Å². The van der Waals surface area contributed by atoms with Crippen molar-refractivity contribution in [3.05, 3.63) is 28.5 Å². The van der Waals surface area contributed by atoms with Gasteiger partial charge >= 0.3 is 0 Å². The minimum absolute atomic E-state index is 0.291. The molecule has 0 saturated carbocycles. The van der Waals surface area contributed by atoms with Gasteiger partial charge < -0.3 is 10.7 Å². The molecule has 7 heteroatoms. The first kappa shape index (κ1) is 12.7. The number of nitrogen functional groups attached to an aromatic ring is 1. The number of hydrogen-bond acceptors (Lipinski definition) is 7. The van der Waals surface area contributed by atoms with E-state index < -0.39 is 0 Å². The number of nitrogens with one attached hydrogen (secondary N) is 2. The Bertz CT molecular complexity index is 522. The summed E-state index contributed by atoms with van der Waals surface area (Å²) in [6.45, 7) is 5.93. The minimum Gasteiger partial charge on any atom is -0.359 e. The number of thiazole rings is 1. The predicted molar refractivity (Wildman–Crippen MR) is 73.3 cm³/mol. The van der Waals surface area contributed by atoms with Crippen LogP contribution in [0.15, 0.2) is 17.6 Å². The normalized spacial score (nSPS) is 11.3. The van der Waals surface area contributed by atoms with E-state index in [9.17, 15) is 0 Å². The molecule has 0 bridgehead atoms. The fourth-order valence-corrected chi connectivity index (χ4v) is 2.33. The molecule has 2 aromatic heterocycles. The summed E-state index contributed by atoms with van der Waals surface area (Å²) in [5, 5.41) is 6.29. The molecule has 0 unspecified atom stereocenters. The Hall–Kier alpha value is -1.73. The standard InChI is InChI=1S/C11H16N6S/c1-7-14-8(6-9(15-7)17-12)16-11(2,3)10-13-4-5-18-10/h4-6H,12H2,1-3H3,(H2,14,15,16,17).